The lowest BCUT2D eigenvalue weighted by molar-refractivity contribution is 0.0167. The van der Waals surface area contributed by atoms with Gasteiger partial charge in [-0.2, -0.15) is 0 Å². The smallest absolute Gasteiger partial charge is 0.0699 e. The Labute approximate surface area is 120 Å². The molecule has 2 heterocycles. The van der Waals surface area contributed by atoms with Crippen LogP contribution < -0.4 is 5.32 Å². The minimum atomic E-state index is 0.402. The predicted molar refractivity (Wildman–Crippen MR) is 83.0 cm³/mol. The van der Waals surface area contributed by atoms with Crippen LogP contribution in [0, 0.1) is 6.92 Å². The van der Waals surface area contributed by atoms with E-state index in [1.165, 1.54) is 41.4 Å². The van der Waals surface area contributed by atoms with Crippen molar-refractivity contribution in [1.82, 2.24) is 9.88 Å². The number of nitrogens with zero attached hydrogens (tertiary/aromatic N) is 1. The summed E-state index contributed by atoms with van der Waals surface area (Å²) in [5.74, 6) is 0. The number of hydrogen-bond donors (Lipinski definition) is 1. The molecule has 1 fully saturated rings. The van der Waals surface area contributed by atoms with Gasteiger partial charge in [0.25, 0.3) is 0 Å². The summed E-state index contributed by atoms with van der Waals surface area (Å²) < 4.78 is 8.07. The van der Waals surface area contributed by atoms with E-state index in [4.69, 9.17) is 4.74 Å². The average molecular weight is 272 g/mol. The quantitative estimate of drug-likeness (QED) is 0.925. The summed E-state index contributed by atoms with van der Waals surface area (Å²) in [6.45, 7) is 5.02. The standard InChI is InChI=1S/C17H24N2O/c1-13-15-8-3-4-9-16(15)19(2)17(13)12-18-11-14-7-5-6-10-20-14/h3-4,8-9,14,18H,5-7,10-12H2,1-2H3. The Morgan fingerprint density at radius 2 is 2.15 bits per heavy atom. The zero-order valence-corrected chi connectivity index (χ0v) is 12.5. The molecule has 3 nitrogen and oxygen atoms in total. The fourth-order valence-corrected chi connectivity index (χ4v) is 3.21. The highest BCUT2D eigenvalue weighted by atomic mass is 16.5. The molecule has 0 radical (unpaired) electrons. The van der Waals surface area contributed by atoms with E-state index in [1.807, 2.05) is 0 Å². The molecule has 1 aromatic carbocycles. The molecular weight excluding hydrogens is 248 g/mol. The number of rotatable bonds is 4. The lowest BCUT2D eigenvalue weighted by atomic mass is 10.1. The van der Waals surface area contributed by atoms with E-state index in [9.17, 15) is 0 Å². The minimum Gasteiger partial charge on any atom is -0.377 e. The molecule has 0 amide bonds. The van der Waals surface area contributed by atoms with E-state index in [-0.39, 0.29) is 0 Å². The monoisotopic (exact) mass is 272 g/mol. The van der Waals surface area contributed by atoms with Gasteiger partial charge in [-0.3, -0.25) is 0 Å². The minimum absolute atomic E-state index is 0.402. The van der Waals surface area contributed by atoms with Crippen molar-refractivity contribution >= 4 is 10.9 Å². The molecule has 1 unspecified atom stereocenters. The normalized spacial score (nSPS) is 19.6. The summed E-state index contributed by atoms with van der Waals surface area (Å²) >= 11 is 0. The lowest BCUT2D eigenvalue weighted by Crippen LogP contribution is -2.32. The topological polar surface area (TPSA) is 26.2 Å². The first-order valence-corrected chi connectivity index (χ1v) is 7.62. The molecule has 1 aliphatic rings. The second-order valence-electron chi connectivity index (χ2n) is 5.77. The Kier molecular flexibility index (Phi) is 4.08. The van der Waals surface area contributed by atoms with Crippen LogP contribution in [0.25, 0.3) is 10.9 Å². The Bertz CT molecular complexity index is 543. The number of para-hydroxylation sites is 1. The molecule has 2 aromatic rings. The van der Waals surface area contributed by atoms with Crippen molar-refractivity contribution in [2.24, 2.45) is 7.05 Å². The van der Waals surface area contributed by atoms with Crippen LogP contribution in [0.15, 0.2) is 24.3 Å². The highest BCUT2D eigenvalue weighted by molar-refractivity contribution is 5.85. The Balaban J connectivity index is 1.68. The van der Waals surface area contributed by atoms with Gasteiger partial charge in [-0.15, -0.1) is 0 Å². The number of nitrogens with one attached hydrogen (secondary N) is 1. The third kappa shape index (κ3) is 2.60. The van der Waals surface area contributed by atoms with Crippen LogP contribution >= 0.6 is 0 Å². The third-order valence-electron chi connectivity index (χ3n) is 4.45. The van der Waals surface area contributed by atoms with Crippen molar-refractivity contribution in [2.45, 2.75) is 38.8 Å². The number of hydrogen-bond acceptors (Lipinski definition) is 2. The van der Waals surface area contributed by atoms with Crippen molar-refractivity contribution in [3.63, 3.8) is 0 Å². The number of ether oxygens (including phenoxy) is 1. The molecule has 0 aliphatic carbocycles. The van der Waals surface area contributed by atoms with Gasteiger partial charge in [-0.1, -0.05) is 18.2 Å². The van der Waals surface area contributed by atoms with Gasteiger partial charge >= 0.3 is 0 Å². The van der Waals surface area contributed by atoms with Crippen LogP contribution in [-0.4, -0.2) is 23.8 Å². The van der Waals surface area contributed by atoms with E-state index < -0.39 is 0 Å². The lowest BCUT2D eigenvalue weighted by Gasteiger charge is -2.23. The maximum absolute atomic E-state index is 5.77. The summed E-state index contributed by atoms with van der Waals surface area (Å²) in [6, 6.07) is 8.62. The maximum atomic E-state index is 5.77. The van der Waals surface area contributed by atoms with Crippen molar-refractivity contribution in [2.75, 3.05) is 13.2 Å². The first-order valence-electron chi connectivity index (χ1n) is 7.62. The van der Waals surface area contributed by atoms with Crippen molar-refractivity contribution in [1.29, 1.82) is 0 Å². The molecule has 1 aromatic heterocycles. The van der Waals surface area contributed by atoms with Gasteiger partial charge in [-0.25, -0.2) is 0 Å². The van der Waals surface area contributed by atoms with E-state index in [2.05, 4.69) is 48.1 Å². The van der Waals surface area contributed by atoms with Gasteiger partial charge in [-0.05, 0) is 37.8 Å². The molecule has 1 aliphatic heterocycles. The maximum Gasteiger partial charge on any atom is 0.0699 e. The number of fused-ring (bicyclic) bond motifs is 1. The van der Waals surface area contributed by atoms with Gasteiger partial charge in [0.05, 0.1) is 6.10 Å². The van der Waals surface area contributed by atoms with Gasteiger partial charge < -0.3 is 14.6 Å². The number of aryl methyl sites for hydroxylation is 2. The second kappa shape index (κ2) is 5.98. The van der Waals surface area contributed by atoms with Crippen LogP contribution in [0.4, 0.5) is 0 Å². The largest absolute Gasteiger partial charge is 0.377 e. The second-order valence-corrected chi connectivity index (χ2v) is 5.77. The van der Waals surface area contributed by atoms with E-state index in [0.29, 0.717) is 6.10 Å². The van der Waals surface area contributed by atoms with Crippen molar-refractivity contribution in [3.05, 3.63) is 35.5 Å². The molecule has 0 saturated carbocycles. The van der Waals surface area contributed by atoms with Crippen molar-refractivity contribution < 1.29 is 4.74 Å². The summed E-state index contributed by atoms with van der Waals surface area (Å²) in [4.78, 5) is 0. The zero-order chi connectivity index (χ0) is 13.9. The summed E-state index contributed by atoms with van der Waals surface area (Å²) in [5, 5.41) is 4.93. The van der Waals surface area contributed by atoms with E-state index in [0.717, 1.165) is 19.7 Å². The van der Waals surface area contributed by atoms with Crippen LogP contribution in [-0.2, 0) is 18.3 Å². The molecule has 3 heteroatoms. The van der Waals surface area contributed by atoms with Crippen LogP contribution in [0.2, 0.25) is 0 Å². The zero-order valence-electron chi connectivity index (χ0n) is 12.5. The molecule has 1 N–H and O–H groups in total. The number of benzene rings is 1. The highest BCUT2D eigenvalue weighted by Crippen LogP contribution is 2.24. The summed E-state index contributed by atoms with van der Waals surface area (Å²) in [6.07, 6.45) is 4.12. The molecule has 0 spiro atoms. The predicted octanol–water partition coefficient (Wildman–Crippen LogP) is 3.15. The molecule has 1 atom stereocenters. The van der Waals surface area contributed by atoms with Gasteiger partial charge in [0.2, 0.25) is 0 Å². The molecule has 1 saturated heterocycles. The molecular formula is C17H24N2O. The molecule has 3 rings (SSSR count). The van der Waals surface area contributed by atoms with Crippen LogP contribution in [0.1, 0.15) is 30.5 Å². The number of aromatic nitrogens is 1. The van der Waals surface area contributed by atoms with Gasteiger partial charge in [0.1, 0.15) is 0 Å². The molecule has 20 heavy (non-hydrogen) atoms. The summed E-state index contributed by atoms with van der Waals surface area (Å²) in [5.41, 5.74) is 4.08. The Hall–Kier alpha value is -1.32. The van der Waals surface area contributed by atoms with E-state index in [1.54, 1.807) is 0 Å². The van der Waals surface area contributed by atoms with Gasteiger partial charge in [0.15, 0.2) is 0 Å². The average Bonchev–Trinajstić information content (AvgIpc) is 2.74. The van der Waals surface area contributed by atoms with Crippen molar-refractivity contribution in [3.8, 4) is 0 Å². The third-order valence-corrected chi connectivity index (χ3v) is 4.45. The Morgan fingerprint density at radius 1 is 1.30 bits per heavy atom. The SMILES string of the molecule is Cc1c(CNCC2CCCCO2)n(C)c2ccccc12. The van der Waals surface area contributed by atoms with Crippen LogP contribution in [0.3, 0.4) is 0 Å². The summed E-state index contributed by atoms with van der Waals surface area (Å²) in [7, 11) is 2.16. The Morgan fingerprint density at radius 3 is 2.90 bits per heavy atom. The van der Waals surface area contributed by atoms with E-state index >= 15 is 0 Å². The highest BCUT2D eigenvalue weighted by Gasteiger charge is 2.14. The molecule has 108 valence electrons. The fourth-order valence-electron chi connectivity index (χ4n) is 3.21. The first kappa shape index (κ1) is 13.7. The molecule has 0 bridgehead atoms. The van der Waals surface area contributed by atoms with Crippen LogP contribution in [0.5, 0.6) is 0 Å². The fraction of sp³-hybridized carbons (Fsp3) is 0.529. The first-order chi connectivity index (χ1) is 9.77. The van der Waals surface area contributed by atoms with Gasteiger partial charge in [0, 0.05) is 43.3 Å².